The number of hydrogen-bond acceptors (Lipinski definition) is 2. The first-order chi connectivity index (χ1) is 8.51. The molecule has 0 aliphatic carbocycles. The highest BCUT2D eigenvalue weighted by atomic mass is 35.5. The van der Waals surface area contributed by atoms with Crippen LogP contribution in [0.15, 0.2) is 0 Å². The highest BCUT2D eigenvalue weighted by Gasteiger charge is 2.33. The molecular weight excluding hydrogens is 275 g/mol. The average Bonchev–Trinajstić information content (AvgIpc) is 2.32. The summed E-state index contributed by atoms with van der Waals surface area (Å²) in [6.07, 6.45) is 0.711. The van der Waals surface area contributed by atoms with Crippen molar-refractivity contribution in [2.75, 3.05) is 24.8 Å². The Kier molecular flexibility index (Phi) is 6.22. The maximum atomic E-state index is 11.9. The molecule has 1 aliphatic heterocycles. The number of amides is 2. The summed E-state index contributed by atoms with van der Waals surface area (Å²) in [7, 11) is 0. The van der Waals surface area contributed by atoms with Gasteiger partial charge in [-0.2, -0.15) is 0 Å². The second-order valence-corrected chi connectivity index (χ2v) is 5.42. The van der Waals surface area contributed by atoms with Crippen molar-refractivity contribution in [3.05, 3.63) is 0 Å². The Hall–Kier alpha value is -0.480. The first kappa shape index (κ1) is 15.6. The van der Waals surface area contributed by atoms with Gasteiger partial charge < -0.3 is 9.80 Å². The predicted octanol–water partition coefficient (Wildman–Crippen LogP) is 1.69. The fourth-order valence-electron chi connectivity index (χ4n) is 2.27. The molecule has 1 fully saturated rings. The van der Waals surface area contributed by atoms with Crippen LogP contribution in [0.1, 0.15) is 26.7 Å². The van der Waals surface area contributed by atoms with Crippen molar-refractivity contribution >= 4 is 35.0 Å². The minimum Gasteiger partial charge on any atom is -0.336 e. The molecule has 1 heterocycles. The van der Waals surface area contributed by atoms with Crippen LogP contribution in [0, 0.1) is 0 Å². The minimum absolute atomic E-state index is 0.0381. The molecule has 0 N–H and O–H groups in total. The number of hydrogen-bond donors (Lipinski definition) is 0. The lowest BCUT2D eigenvalue weighted by Crippen LogP contribution is -2.59. The van der Waals surface area contributed by atoms with E-state index in [2.05, 4.69) is 0 Å². The van der Waals surface area contributed by atoms with Gasteiger partial charge in [-0.1, -0.05) is 0 Å². The van der Waals surface area contributed by atoms with Crippen molar-refractivity contribution in [1.29, 1.82) is 0 Å². The first-order valence-electron chi connectivity index (χ1n) is 6.22. The lowest BCUT2D eigenvalue weighted by atomic mass is 10.1. The molecule has 0 aromatic carbocycles. The fourth-order valence-corrected chi connectivity index (χ4v) is 2.59. The zero-order chi connectivity index (χ0) is 13.7. The van der Waals surface area contributed by atoms with E-state index in [1.165, 1.54) is 0 Å². The third-order valence-corrected chi connectivity index (χ3v) is 3.62. The Balaban J connectivity index is 2.64. The van der Waals surface area contributed by atoms with E-state index in [-0.39, 0.29) is 23.9 Å². The van der Waals surface area contributed by atoms with Crippen LogP contribution in [0.4, 0.5) is 0 Å². The molecule has 4 nitrogen and oxygen atoms in total. The van der Waals surface area contributed by atoms with E-state index < -0.39 is 0 Å². The lowest BCUT2D eigenvalue weighted by molar-refractivity contribution is -0.145. The number of halogens is 2. The molecule has 104 valence electrons. The summed E-state index contributed by atoms with van der Waals surface area (Å²) in [5.41, 5.74) is 0. The number of nitrogens with zero attached hydrogens (tertiary/aromatic N) is 2. The molecule has 0 bridgehead atoms. The smallest absolute Gasteiger partial charge is 0.224 e. The van der Waals surface area contributed by atoms with Gasteiger partial charge in [0, 0.05) is 49.8 Å². The number of piperazine rings is 1. The van der Waals surface area contributed by atoms with Crippen LogP contribution >= 0.6 is 23.2 Å². The summed E-state index contributed by atoms with van der Waals surface area (Å²) in [5.74, 6) is 0.805. The number of rotatable bonds is 4. The third-order valence-electron chi connectivity index (χ3n) is 3.24. The van der Waals surface area contributed by atoms with E-state index in [0.29, 0.717) is 37.7 Å². The van der Waals surface area contributed by atoms with Gasteiger partial charge in [0.05, 0.1) is 0 Å². The van der Waals surface area contributed by atoms with Gasteiger partial charge >= 0.3 is 0 Å². The summed E-state index contributed by atoms with van der Waals surface area (Å²) >= 11 is 11.2. The third kappa shape index (κ3) is 3.75. The molecule has 0 spiro atoms. The van der Waals surface area contributed by atoms with Gasteiger partial charge in [-0.15, -0.1) is 23.2 Å². The summed E-state index contributed by atoms with van der Waals surface area (Å²) in [6, 6.07) is 0.0763. The average molecular weight is 295 g/mol. The van der Waals surface area contributed by atoms with Gasteiger partial charge in [0.1, 0.15) is 0 Å². The molecule has 6 heteroatoms. The SMILES string of the molecule is CC1CN(C(=O)CCCl)C(C)CN1C(=O)CCCl. The van der Waals surface area contributed by atoms with Crippen molar-refractivity contribution < 1.29 is 9.59 Å². The Morgan fingerprint density at radius 1 is 0.944 bits per heavy atom. The van der Waals surface area contributed by atoms with Crippen molar-refractivity contribution in [3.63, 3.8) is 0 Å². The molecule has 1 saturated heterocycles. The van der Waals surface area contributed by atoms with Crippen LogP contribution in [0.2, 0.25) is 0 Å². The molecule has 0 radical (unpaired) electrons. The summed E-state index contributed by atoms with van der Waals surface area (Å²) in [4.78, 5) is 27.4. The van der Waals surface area contributed by atoms with Crippen LogP contribution < -0.4 is 0 Å². The monoisotopic (exact) mass is 294 g/mol. The van der Waals surface area contributed by atoms with Gasteiger partial charge in [0.15, 0.2) is 0 Å². The largest absolute Gasteiger partial charge is 0.336 e. The van der Waals surface area contributed by atoms with Crippen molar-refractivity contribution in [3.8, 4) is 0 Å². The lowest BCUT2D eigenvalue weighted by Gasteiger charge is -2.44. The molecule has 1 rings (SSSR count). The Morgan fingerprint density at radius 3 is 1.56 bits per heavy atom. The zero-order valence-electron chi connectivity index (χ0n) is 10.9. The number of carbonyl (C=O) groups is 2. The van der Waals surface area contributed by atoms with Gasteiger partial charge in [-0.05, 0) is 13.8 Å². The molecule has 1 aliphatic rings. The maximum Gasteiger partial charge on any atom is 0.224 e. The number of carbonyl (C=O) groups excluding carboxylic acids is 2. The van der Waals surface area contributed by atoms with E-state index in [4.69, 9.17) is 23.2 Å². The molecule has 2 unspecified atom stereocenters. The quantitative estimate of drug-likeness (QED) is 0.741. The maximum absolute atomic E-state index is 11.9. The Morgan fingerprint density at radius 2 is 1.28 bits per heavy atom. The highest BCUT2D eigenvalue weighted by molar-refractivity contribution is 6.19. The topological polar surface area (TPSA) is 40.6 Å². The van der Waals surface area contributed by atoms with Crippen LogP contribution in [-0.4, -0.2) is 58.5 Å². The van der Waals surface area contributed by atoms with Crippen LogP contribution in [-0.2, 0) is 9.59 Å². The van der Waals surface area contributed by atoms with E-state index in [1.807, 2.05) is 23.6 Å². The molecule has 2 amide bonds. The number of alkyl halides is 2. The van der Waals surface area contributed by atoms with Crippen molar-refractivity contribution in [2.45, 2.75) is 38.8 Å². The standard InChI is InChI=1S/C12H20Cl2N2O2/c1-9-7-16(12(18)4-6-14)10(2)8-15(9)11(17)3-5-13/h9-10H,3-8H2,1-2H3. The molecule has 18 heavy (non-hydrogen) atoms. The van der Waals surface area contributed by atoms with Crippen LogP contribution in [0.5, 0.6) is 0 Å². The highest BCUT2D eigenvalue weighted by Crippen LogP contribution is 2.17. The van der Waals surface area contributed by atoms with E-state index in [0.717, 1.165) is 0 Å². The fraction of sp³-hybridized carbons (Fsp3) is 0.833. The predicted molar refractivity (Wildman–Crippen MR) is 73.0 cm³/mol. The van der Waals surface area contributed by atoms with Crippen molar-refractivity contribution in [2.24, 2.45) is 0 Å². The van der Waals surface area contributed by atoms with Gasteiger partial charge in [0.25, 0.3) is 0 Å². The molecule has 0 aromatic rings. The Labute approximate surface area is 118 Å². The van der Waals surface area contributed by atoms with Crippen LogP contribution in [0.3, 0.4) is 0 Å². The van der Waals surface area contributed by atoms with Crippen LogP contribution in [0.25, 0.3) is 0 Å². The summed E-state index contributed by atoms with van der Waals surface area (Å²) < 4.78 is 0. The Bertz CT molecular complexity index is 282. The van der Waals surface area contributed by atoms with E-state index in [1.54, 1.807) is 0 Å². The second kappa shape index (κ2) is 7.19. The molecule has 2 atom stereocenters. The molecule has 0 saturated carbocycles. The van der Waals surface area contributed by atoms with Crippen molar-refractivity contribution in [1.82, 2.24) is 9.80 Å². The van der Waals surface area contributed by atoms with E-state index >= 15 is 0 Å². The summed E-state index contributed by atoms with van der Waals surface area (Å²) in [5, 5.41) is 0. The zero-order valence-corrected chi connectivity index (χ0v) is 12.4. The van der Waals surface area contributed by atoms with Gasteiger partial charge in [-0.3, -0.25) is 9.59 Å². The molecular formula is C12H20Cl2N2O2. The first-order valence-corrected chi connectivity index (χ1v) is 7.29. The van der Waals surface area contributed by atoms with Gasteiger partial charge in [0.2, 0.25) is 11.8 Å². The minimum atomic E-state index is 0.0381. The normalized spacial score (nSPS) is 24.2. The molecule has 0 aromatic heterocycles. The van der Waals surface area contributed by atoms with Gasteiger partial charge in [-0.25, -0.2) is 0 Å². The second-order valence-electron chi connectivity index (χ2n) is 4.67. The summed E-state index contributed by atoms with van der Waals surface area (Å²) in [6.45, 7) is 5.06. The van der Waals surface area contributed by atoms with E-state index in [9.17, 15) is 9.59 Å².